The molecule has 0 fully saturated rings. The van der Waals surface area contributed by atoms with Crippen molar-refractivity contribution in [1.82, 2.24) is 0 Å². The van der Waals surface area contributed by atoms with Gasteiger partial charge in [-0.15, -0.1) is 11.3 Å². The maximum atomic E-state index is 13.2. The zero-order chi connectivity index (χ0) is 17.9. The molecule has 0 unspecified atom stereocenters. The van der Waals surface area contributed by atoms with Crippen molar-refractivity contribution in [1.29, 1.82) is 0 Å². The Bertz CT molecular complexity index is 909. The molecular formula is C20H16BrNO3S. The Hall–Kier alpha value is -2.31. The third-order valence-electron chi connectivity index (χ3n) is 4.07. The van der Waals surface area contributed by atoms with Gasteiger partial charge in [0.25, 0.3) is 5.91 Å². The third-order valence-corrected chi connectivity index (χ3v) is 5.46. The Morgan fingerprint density at radius 2 is 1.81 bits per heavy atom. The first-order valence-electron chi connectivity index (χ1n) is 8.20. The lowest BCUT2D eigenvalue weighted by atomic mass is 10.1. The number of fused-ring (bicyclic) bond motifs is 1. The van der Waals surface area contributed by atoms with Crippen LogP contribution in [0.5, 0.6) is 11.5 Å². The number of ether oxygens (including phenoxy) is 2. The smallest absolute Gasteiger partial charge is 0.258 e. The second-order valence-electron chi connectivity index (χ2n) is 5.81. The molecule has 1 aliphatic rings. The molecule has 0 saturated heterocycles. The molecule has 0 bridgehead atoms. The van der Waals surface area contributed by atoms with Crippen LogP contribution in [-0.2, 0) is 6.54 Å². The van der Waals surface area contributed by atoms with Crippen molar-refractivity contribution < 1.29 is 14.3 Å². The van der Waals surface area contributed by atoms with Crippen LogP contribution in [0.4, 0.5) is 5.69 Å². The van der Waals surface area contributed by atoms with Crippen LogP contribution in [0.1, 0.15) is 15.2 Å². The average Bonchev–Trinajstić information content (AvgIpc) is 3.19. The van der Waals surface area contributed by atoms with E-state index in [0.29, 0.717) is 36.8 Å². The second kappa shape index (κ2) is 7.51. The summed E-state index contributed by atoms with van der Waals surface area (Å²) in [5, 5.41) is 2.02. The maximum absolute atomic E-state index is 13.2. The molecule has 0 saturated carbocycles. The first-order valence-corrected chi connectivity index (χ1v) is 9.87. The van der Waals surface area contributed by atoms with Gasteiger partial charge < -0.3 is 14.4 Å². The number of hydrogen-bond acceptors (Lipinski definition) is 4. The average molecular weight is 430 g/mol. The molecule has 0 aliphatic carbocycles. The second-order valence-corrected chi connectivity index (χ2v) is 7.75. The summed E-state index contributed by atoms with van der Waals surface area (Å²) < 4.78 is 12.2. The number of halogens is 1. The van der Waals surface area contributed by atoms with Crippen molar-refractivity contribution in [3.8, 4) is 11.5 Å². The molecule has 0 radical (unpaired) electrons. The quantitative estimate of drug-likeness (QED) is 0.576. The summed E-state index contributed by atoms with van der Waals surface area (Å²) >= 11 is 5.05. The highest BCUT2D eigenvalue weighted by Gasteiger charge is 2.21. The molecule has 6 heteroatoms. The fraction of sp³-hybridized carbons (Fsp3) is 0.150. The Balaban J connectivity index is 1.70. The number of hydrogen-bond donors (Lipinski definition) is 0. The van der Waals surface area contributed by atoms with E-state index >= 15 is 0 Å². The minimum atomic E-state index is -0.0532. The lowest BCUT2D eigenvalue weighted by Crippen LogP contribution is -2.30. The highest BCUT2D eigenvalue weighted by Crippen LogP contribution is 2.35. The van der Waals surface area contributed by atoms with Crippen LogP contribution in [0.25, 0.3) is 0 Å². The van der Waals surface area contributed by atoms with Crippen LogP contribution >= 0.6 is 27.3 Å². The maximum Gasteiger partial charge on any atom is 0.258 e. The Kier molecular flexibility index (Phi) is 4.95. The number of rotatable bonds is 4. The monoisotopic (exact) mass is 429 g/mol. The largest absolute Gasteiger partial charge is 0.486 e. The number of amides is 1. The standard InChI is InChI=1S/C20H16BrNO3S/c21-15-5-3-14(4-6-15)20(23)22(13-17-2-1-11-26-17)16-7-8-18-19(12-16)25-10-9-24-18/h1-8,11-12H,9-10,13H2. The van der Waals surface area contributed by atoms with Crippen molar-refractivity contribution in [2.45, 2.75) is 6.54 Å². The van der Waals surface area contributed by atoms with Crippen LogP contribution in [-0.4, -0.2) is 19.1 Å². The van der Waals surface area contributed by atoms with E-state index in [9.17, 15) is 4.79 Å². The molecular weight excluding hydrogens is 414 g/mol. The molecule has 4 nitrogen and oxygen atoms in total. The van der Waals surface area contributed by atoms with Gasteiger partial charge in [0.2, 0.25) is 0 Å². The van der Waals surface area contributed by atoms with Gasteiger partial charge in [-0.05, 0) is 47.8 Å². The van der Waals surface area contributed by atoms with Crippen LogP contribution < -0.4 is 14.4 Å². The van der Waals surface area contributed by atoms with E-state index in [0.717, 1.165) is 15.0 Å². The number of carbonyl (C=O) groups is 1. The van der Waals surface area contributed by atoms with Gasteiger partial charge in [-0.25, -0.2) is 0 Å². The summed E-state index contributed by atoms with van der Waals surface area (Å²) in [6, 6.07) is 17.1. The van der Waals surface area contributed by atoms with Crippen molar-refractivity contribution in [3.05, 3.63) is 74.9 Å². The van der Waals surface area contributed by atoms with E-state index in [-0.39, 0.29) is 5.91 Å². The zero-order valence-corrected chi connectivity index (χ0v) is 16.3. The van der Waals surface area contributed by atoms with Crippen molar-refractivity contribution in [3.63, 3.8) is 0 Å². The minimum absolute atomic E-state index is 0.0532. The number of nitrogens with zero attached hydrogens (tertiary/aromatic N) is 1. The lowest BCUT2D eigenvalue weighted by molar-refractivity contribution is 0.0985. The van der Waals surface area contributed by atoms with E-state index in [1.54, 1.807) is 16.2 Å². The van der Waals surface area contributed by atoms with Crippen LogP contribution in [0.2, 0.25) is 0 Å². The Morgan fingerprint density at radius 3 is 2.54 bits per heavy atom. The zero-order valence-electron chi connectivity index (χ0n) is 13.9. The summed E-state index contributed by atoms with van der Waals surface area (Å²) in [6.07, 6.45) is 0. The first-order chi connectivity index (χ1) is 12.7. The molecule has 1 aromatic heterocycles. The van der Waals surface area contributed by atoms with Crippen molar-refractivity contribution in [2.75, 3.05) is 18.1 Å². The van der Waals surface area contributed by atoms with E-state index < -0.39 is 0 Å². The normalized spacial score (nSPS) is 12.7. The number of thiophene rings is 1. The molecule has 4 rings (SSSR count). The summed E-state index contributed by atoms with van der Waals surface area (Å²) in [5.74, 6) is 1.34. The third kappa shape index (κ3) is 3.61. The van der Waals surface area contributed by atoms with E-state index in [2.05, 4.69) is 15.9 Å². The van der Waals surface area contributed by atoms with E-state index in [1.165, 1.54) is 0 Å². The number of anilines is 1. The van der Waals surface area contributed by atoms with Gasteiger partial charge in [0, 0.05) is 26.7 Å². The van der Waals surface area contributed by atoms with Crippen LogP contribution in [0.15, 0.2) is 64.5 Å². The fourth-order valence-corrected chi connectivity index (χ4v) is 3.74. The molecule has 3 aromatic rings. The van der Waals surface area contributed by atoms with Gasteiger partial charge in [-0.1, -0.05) is 22.0 Å². The number of benzene rings is 2. The molecule has 0 atom stereocenters. The Labute approximate surface area is 164 Å². The summed E-state index contributed by atoms with van der Waals surface area (Å²) in [4.78, 5) is 16.1. The lowest BCUT2D eigenvalue weighted by Gasteiger charge is -2.25. The van der Waals surface area contributed by atoms with Crippen molar-refractivity contribution >= 4 is 38.9 Å². The predicted octanol–water partition coefficient (Wildman–Crippen LogP) is 5.13. The van der Waals surface area contributed by atoms with Gasteiger partial charge in [-0.2, -0.15) is 0 Å². The predicted molar refractivity (Wildman–Crippen MR) is 106 cm³/mol. The fourth-order valence-electron chi connectivity index (χ4n) is 2.79. The van der Waals surface area contributed by atoms with Gasteiger partial charge in [-0.3, -0.25) is 4.79 Å². The molecule has 26 heavy (non-hydrogen) atoms. The van der Waals surface area contributed by atoms with E-state index in [1.807, 2.05) is 60.0 Å². The minimum Gasteiger partial charge on any atom is -0.486 e. The topological polar surface area (TPSA) is 38.8 Å². The van der Waals surface area contributed by atoms with Crippen molar-refractivity contribution in [2.24, 2.45) is 0 Å². The van der Waals surface area contributed by atoms with Gasteiger partial charge in [0.05, 0.1) is 6.54 Å². The van der Waals surface area contributed by atoms with Gasteiger partial charge in [0.1, 0.15) is 13.2 Å². The first kappa shape index (κ1) is 17.1. The Morgan fingerprint density at radius 1 is 1.04 bits per heavy atom. The molecule has 0 spiro atoms. The molecule has 2 aromatic carbocycles. The molecule has 1 amide bonds. The van der Waals surface area contributed by atoms with E-state index in [4.69, 9.17) is 9.47 Å². The van der Waals surface area contributed by atoms with Gasteiger partial charge >= 0.3 is 0 Å². The summed E-state index contributed by atoms with van der Waals surface area (Å²) in [5.41, 5.74) is 1.43. The molecule has 132 valence electrons. The molecule has 2 heterocycles. The summed E-state index contributed by atoms with van der Waals surface area (Å²) in [6.45, 7) is 1.57. The van der Waals surface area contributed by atoms with Gasteiger partial charge in [0.15, 0.2) is 11.5 Å². The number of carbonyl (C=O) groups excluding carboxylic acids is 1. The van der Waals surface area contributed by atoms with Crippen LogP contribution in [0.3, 0.4) is 0 Å². The summed E-state index contributed by atoms with van der Waals surface area (Å²) in [7, 11) is 0. The molecule has 0 N–H and O–H groups in total. The molecule has 1 aliphatic heterocycles. The van der Waals surface area contributed by atoms with Crippen LogP contribution in [0, 0.1) is 0 Å². The highest BCUT2D eigenvalue weighted by molar-refractivity contribution is 9.10. The SMILES string of the molecule is O=C(c1ccc(Br)cc1)N(Cc1cccs1)c1ccc2c(c1)OCCO2. The highest BCUT2D eigenvalue weighted by atomic mass is 79.9.